The summed E-state index contributed by atoms with van der Waals surface area (Å²) < 4.78 is 11.2. The van der Waals surface area contributed by atoms with Gasteiger partial charge in [0.15, 0.2) is 0 Å². The fourth-order valence-electron chi connectivity index (χ4n) is 7.39. The Kier molecular flexibility index (Phi) is 10.3. The number of hydrogen-bond donors (Lipinski definition) is 3. The van der Waals surface area contributed by atoms with Crippen molar-refractivity contribution < 1.29 is 14.3 Å². The first kappa shape index (κ1) is 32.5. The van der Waals surface area contributed by atoms with E-state index in [1.165, 1.54) is 5.56 Å². The molecule has 2 aromatic carbocycles. The second kappa shape index (κ2) is 14.5. The molecular formula is C38H50N4O4. The van der Waals surface area contributed by atoms with E-state index in [1.807, 2.05) is 26.0 Å². The molecule has 0 unspecified atom stereocenters. The zero-order chi connectivity index (χ0) is 32.2. The summed E-state index contributed by atoms with van der Waals surface area (Å²) in [5.74, 6) is 1.05. The minimum atomic E-state index is -0.168. The Morgan fingerprint density at radius 1 is 0.957 bits per heavy atom. The molecule has 3 aliphatic rings. The van der Waals surface area contributed by atoms with Gasteiger partial charge >= 0.3 is 0 Å². The number of rotatable bonds is 11. The van der Waals surface area contributed by atoms with Crippen molar-refractivity contribution in [1.29, 1.82) is 0 Å². The Labute approximate surface area is 273 Å². The number of carbonyl (C=O) groups is 1. The van der Waals surface area contributed by atoms with E-state index in [1.54, 1.807) is 0 Å². The van der Waals surface area contributed by atoms with Gasteiger partial charge in [0.1, 0.15) is 0 Å². The highest BCUT2D eigenvalue weighted by molar-refractivity contribution is 5.99. The fraction of sp³-hybridized carbons (Fsp3) is 0.526. The Morgan fingerprint density at radius 2 is 1.70 bits per heavy atom. The molecule has 8 nitrogen and oxygen atoms in total. The first-order chi connectivity index (χ1) is 22.3. The number of anilines is 1. The van der Waals surface area contributed by atoms with E-state index in [0.29, 0.717) is 35.0 Å². The van der Waals surface area contributed by atoms with Crippen LogP contribution in [0.3, 0.4) is 0 Å². The largest absolute Gasteiger partial charge is 0.381 e. The van der Waals surface area contributed by atoms with Crippen molar-refractivity contribution in [3.05, 3.63) is 86.3 Å². The van der Waals surface area contributed by atoms with Crippen LogP contribution in [-0.2, 0) is 16.0 Å². The van der Waals surface area contributed by atoms with Crippen molar-refractivity contribution in [2.45, 2.75) is 84.3 Å². The van der Waals surface area contributed by atoms with E-state index in [0.717, 1.165) is 105 Å². The highest BCUT2D eigenvalue weighted by atomic mass is 16.5. The first-order valence-corrected chi connectivity index (χ1v) is 17.2. The number of hydrogen-bond acceptors (Lipinski definition) is 6. The molecule has 1 aliphatic carbocycles. The monoisotopic (exact) mass is 626 g/mol. The third kappa shape index (κ3) is 7.40. The molecule has 6 rings (SSSR count). The number of aromatic nitrogens is 1. The van der Waals surface area contributed by atoms with Gasteiger partial charge in [-0.3, -0.25) is 9.59 Å². The molecule has 3 heterocycles. The molecule has 2 saturated heterocycles. The third-order valence-corrected chi connectivity index (χ3v) is 10.3. The number of nitrogens with one attached hydrogen (secondary N) is 3. The fourth-order valence-corrected chi connectivity index (χ4v) is 7.39. The Hall–Kier alpha value is -3.46. The molecule has 0 radical (unpaired) electrons. The first-order valence-electron chi connectivity index (χ1n) is 17.2. The lowest BCUT2D eigenvalue weighted by molar-refractivity contribution is 0.0662. The zero-order valence-corrected chi connectivity index (χ0v) is 27.9. The molecule has 2 aliphatic heterocycles. The molecule has 1 aromatic heterocycles. The standard InChI is InChI=1S/C38H50N4O4/c1-5-42(31-11-15-46-16-12-31)36-20-30(19-32(26(36)4)37(43)40-23-34-24(2)17-25(3)41-38(34)44)28-7-6-8-29(18-28)33-21-35(33)39-22-27-9-13-45-14-10-27/h6-8,17-20,27,31,33,35,39H,5,9-16,21-23H2,1-4H3,(H,40,43)(H,41,44)/t33-,35+/m0/s1. The van der Waals surface area contributed by atoms with Crippen molar-refractivity contribution in [2.24, 2.45) is 5.92 Å². The summed E-state index contributed by atoms with van der Waals surface area (Å²) >= 11 is 0. The van der Waals surface area contributed by atoms with Crippen molar-refractivity contribution in [3.63, 3.8) is 0 Å². The number of aryl methyl sites for hydroxylation is 2. The highest BCUT2D eigenvalue weighted by Crippen LogP contribution is 2.43. The van der Waals surface area contributed by atoms with Crippen LogP contribution in [-0.4, -0.2) is 62.5 Å². The molecule has 46 heavy (non-hydrogen) atoms. The summed E-state index contributed by atoms with van der Waals surface area (Å²) in [6.07, 6.45) is 5.39. The third-order valence-electron chi connectivity index (χ3n) is 10.3. The molecule has 1 amide bonds. The molecule has 1 saturated carbocycles. The maximum absolute atomic E-state index is 13.9. The van der Waals surface area contributed by atoms with Crippen molar-refractivity contribution in [3.8, 4) is 11.1 Å². The quantitative estimate of drug-likeness (QED) is 0.250. The maximum atomic E-state index is 13.9. The number of aromatic amines is 1. The smallest absolute Gasteiger partial charge is 0.253 e. The number of nitrogens with zero attached hydrogens (tertiary/aromatic N) is 1. The van der Waals surface area contributed by atoms with Gasteiger partial charge in [-0.05, 0) is 118 Å². The van der Waals surface area contributed by atoms with Crippen LogP contribution in [0.5, 0.6) is 0 Å². The van der Waals surface area contributed by atoms with Crippen LogP contribution in [0.25, 0.3) is 11.1 Å². The normalized spacial score (nSPS) is 20.4. The van der Waals surface area contributed by atoms with Crippen LogP contribution in [0.2, 0.25) is 0 Å². The van der Waals surface area contributed by atoms with Gasteiger partial charge in [0.2, 0.25) is 0 Å². The summed E-state index contributed by atoms with van der Waals surface area (Å²) in [6, 6.07) is 16.0. The number of amides is 1. The molecule has 0 bridgehead atoms. The summed E-state index contributed by atoms with van der Waals surface area (Å²) in [4.78, 5) is 31.9. The molecule has 3 aromatic rings. The maximum Gasteiger partial charge on any atom is 0.253 e. The van der Waals surface area contributed by atoms with E-state index < -0.39 is 0 Å². The number of benzene rings is 2. The number of ether oxygens (including phenoxy) is 2. The van der Waals surface area contributed by atoms with Crippen LogP contribution in [0.4, 0.5) is 5.69 Å². The van der Waals surface area contributed by atoms with Gasteiger partial charge in [0, 0.05) is 80.0 Å². The van der Waals surface area contributed by atoms with Gasteiger partial charge in [-0.1, -0.05) is 24.3 Å². The van der Waals surface area contributed by atoms with Crippen LogP contribution >= 0.6 is 0 Å². The van der Waals surface area contributed by atoms with Crippen molar-refractivity contribution in [1.82, 2.24) is 15.6 Å². The van der Waals surface area contributed by atoms with Gasteiger partial charge in [0.25, 0.3) is 11.5 Å². The minimum absolute atomic E-state index is 0.155. The molecule has 8 heteroatoms. The average molecular weight is 627 g/mol. The van der Waals surface area contributed by atoms with Crippen LogP contribution in [0.15, 0.2) is 47.3 Å². The molecular weight excluding hydrogens is 576 g/mol. The summed E-state index contributed by atoms with van der Waals surface area (Å²) in [5, 5.41) is 6.89. The lowest BCUT2D eigenvalue weighted by Gasteiger charge is -2.37. The van der Waals surface area contributed by atoms with E-state index in [-0.39, 0.29) is 18.0 Å². The highest BCUT2D eigenvalue weighted by Gasteiger charge is 2.38. The average Bonchev–Trinajstić information content (AvgIpc) is 3.85. The molecule has 2 atom stereocenters. The van der Waals surface area contributed by atoms with E-state index >= 15 is 0 Å². The molecule has 0 spiro atoms. The number of carbonyl (C=O) groups excluding carboxylic acids is 1. The van der Waals surface area contributed by atoms with Gasteiger partial charge in [-0.25, -0.2) is 0 Å². The van der Waals surface area contributed by atoms with E-state index in [2.05, 4.69) is 64.7 Å². The predicted octanol–water partition coefficient (Wildman–Crippen LogP) is 5.77. The second-order valence-electron chi connectivity index (χ2n) is 13.5. The lowest BCUT2D eigenvalue weighted by Crippen LogP contribution is -2.40. The molecule has 246 valence electrons. The summed E-state index contributed by atoms with van der Waals surface area (Å²) in [7, 11) is 0. The van der Waals surface area contributed by atoms with Gasteiger partial charge in [0.05, 0.1) is 0 Å². The second-order valence-corrected chi connectivity index (χ2v) is 13.5. The topological polar surface area (TPSA) is 95.7 Å². The molecule has 3 N–H and O–H groups in total. The summed E-state index contributed by atoms with van der Waals surface area (Å²) in [5.41, 5.74) is 8.32. The Bertz CT molecular complexity index is 1590. The van der Waals surface area contributed by atoms with Crippen LogP contribution in [0.1, 0.15) is 83.3 Å². The summed E-state index contributed by atoms with van der Waals surface area (Å²) in [6.45, 7) is 13.4. The number of pyridine rings is 1. The lowest BCUT2D eigenvalue weighted by atomic mass is 9.94. The van der Waals surface area contributed by atoms with E-state index in [9.17, 15) is 9.59 Å². The van der Waals surface area contributed by atoms with Crippen molar-refractivity contribution in [2.75, 3.05) is 44.4 Å². The predicted molar refractivity (Wildman–Crippen MR) is 184 cm³/mol. The van der Waals surface area contributed by atoms with Gasteiger partial charge < -0.3 is 30.0 Å². The van der Waals surface area contributed by atoms with E-state index in [4.69, 9.17) is 9.47 Å². The Balaban J connectivity index is 1.28. The zero-order valence-electron chi connectivity index (χ0n) is 27.9. The van der Waals surface area contributed by atoms with Crippen LogP contribution < -0.4 is 21.1 Å². The molecule has 3 fully saturated rings. The van der Waals surface area contributed by atoms with Gasteiger partial charge in [-0.15, -0.1) is 0 Å². The SMILES string of the molecule is CCN(c1cc(-c2cccc([C@@H]3C[C@H]3NCC3CCOCC3)c2)cc(C(=O)NCc2c(C)cc(C)[nH]c2=O)c1C)C1CCOCC1. The van der Waals surface area contributed by atoms with Gasteiger partial charge in [-0.2, -0.15) is 0 Å². The Morgan fingerprint density at radius 3 is 2.41 bits per heavy atom. The van der Waals surface area contributed by atoms with Crippen molar-refractivity contribution >= 4 is 11.6 Å². The van der Waals surface area contributed by atoms with Crippen LogP contribution in [0, 0.1) is 26.7 Å². The minimum Gasteiger partial charge on any atom is -0.381 e. The number of H-pyrrole nitrogens is 1.